The molecule has 0 saturated carbocycles. The van der Waals surface area contributed by atoms with E-state index >= 15 is 0 Å². The Kier molecular flexibility index (Phi) is 3.71. The quantitative estimate of drug-likeness (QED) is 0.695. The second-order valence-electron chi connectivity index (χ2n) is 4.65. The number of aromatic nitrogens is 4. The van der Waals surface area contributed by atoms with Crippen LogP contribution in [0.1, 0.15) is 17.4 Å². The molecule has 0 aliphatic rings. The van der Waals surface area contributed by atoms with Gasteiger partial charge in [0.25, 0.3) is 0 Å². The molecule has 0 radical (unpaired) electrons. The molecule has 0 aliphatic carbocycles. The average Bonchev–Trinajstić information content (AvgIpc) is 2.55. The Morgan fingerprint density at radius 1 is 1.04 bits per heavy atom. The minimum atomic E-state index is -0.661. The summed E-state index contributed by atoms with van der Waals surface area (Å²) >= 11 is 0. The van der Waals surface area contributed by atoms with E-state index in [1.54, 1.807) is 6.92 Å². The molecular formula is C15H14N6O2. The van der Waals surface area contributed by atoms with Crippen molar-refractivity contribution in [3.05, 3.63) is 36.0 Å². The van der Waals surface area contributed by atoms with E-state index in [1.165, 1.54) is 0 Å². The van der Waals surface area contributed by atoms with E-state index in [2.05, 4.69) is 19.9 Å². The molecule has 23 heavy (non-hydrogen) atoms. The molecule has 0 fully saturated rings. The van der Waals surface area contributed by atoms with Gasteiger partial charge in [0.2, 0.25) is 0 Å². The Labute approximate surface area is 131 Å². The lowest BCUT2D eigenvalue weighted by atomic mass is 10.2. The van der Waals surface area contributed by atoms with Crippen molar-refractivity contribution < 1.29 is 9.53 Å². The van der Waals surface area contributed by atoms with E-state index in [0.29, 0.717) is 5.82 Å². The van der Waals surface area contributed by atoms with Crippen molar-refractivity contribution in [2.24, 2.45) is 0 Å². The first-order chi connectivity index (χ1) is 11.1. The molecule has 116 valence electrons. The van der Waals surface area contributed by atoms with Crippen LogP contribution in [0.4, 0.5) is 11.6 Å². The van der Waals surface area contributed by atoms with Crippen LogP contribution in [0.5, 0.6) is 0 Å². The Morgan fingerprint density at radius 3 is 2.48 bits per heavy atom. The third-order valence-corrected chi connectivity index (χ3v) is 3.09. The molecule has 3 aromatic rings. The van der Waals surface area contributed by atoms with Gasteiger partial charge in [-0.25, -0.2) is 24.7 Å². The number of anilines is 2. The number of hydrogen-bond donors (Lipinski definition) is 2. The summed E-state index contributed by atoms with van der Waals surface area (Å²) in [5.41, 5.74) is 12.8. The van der Waals surface area contributed by atoms with Crippen molar-refractivity contribution in [3.63, 3.8) is 0 Å². The maximum Gasteiger partial charge on any atom is 0.360 e. The lowest BCUT2D eigenvalue weighted by Gasteiger charge is -2.08. The number of esters is 1. The van der Waals surface area contributed by atoms with Gasteiger partial charge in [0, 0.05) is 5.56 Å². The average molecular weight is 310 g/mol. The number of rotatable bonds is 3. The molecule has 1 aromatic carbocycles. The highest BCUT2D eigenvalue weighted by atomic mass is 16.5. The first-order valence-electron chi connectivity index (χ1n) is 6.93. The third-order valence-electron chi connectivity index (χ3n) is 3.09. The van der Waals surface area contributed by atoms with Crippen LogP contribution >= 0.6 is 0 Å². The van der Waals surface area contributed by atoms with Crippen molar-refractivity contribution in [3.8, 4) is 11.4 Å². The SMILES string of the molecule is CCOC(=O)c1nc2c(N)nc(-c3ccccc3)nc2nc1N. The van der Waals surface area contributed by atoms with Gasteiger partial charge in [-0.05, 0) is 6.92 Å². The van der Waals surface area contributed by atoms with Crippen molar-refractivity contribution in [1.82, 2.24) is 19.9 Å². The Hall–Kier alpha value is -3.29. The van der Waals surface area contributed by atoms with Gasteiger partial charge in [-0.15, -0.1) is 0 Å². The zero-order valence-electron chi connectivity index (χ0n) is 12.4. The van der Waals surface area contributed by atoms with Crippen molar-refractivity contribution in [1.29, 1.82) is 0 Å². The lowest BCUT2D eigenvalue weighted by molar-refractivity contribution is 0.0521. The monoisotopic (exact) mass is 310 g/mol. The van der Waals surface area contributed by atoms with E-state index in [9.17, 15) is 4.79 Å². The molecule has 2 aromatic heterocycles. The van der Waals surface area contributed by atoms with Crippen LogP contribution in [0, 0.1) is 0 Å². The zero-order chi connectivity index (χ0) is 16.4. The number of benzene rings is 1. The Bertz CT molecular complexity index is 882. The van der Waals surface area contributed by atoms with E-state index in [-0.39, 0.29) is 35.1 Å². The lowest BCUT2D eigenvalue weighted by Crippen LogP contribution is -2.13. The van der Waals surface area contributed by atoms with Gasteiger partial charge in [0.05, 0.1) is 6.61 Å². The third kappa shape index (κ3) is 2.73. The van der Waals surface area contributed by atoms with Gasteiger partial charge in [0.15, 0.2) is 34.3 Å². The molecule has 8 nitrogen and oxygen atoms in total. The van der Waals surface area contributed by atoms with Crippen LogP contribution in [0.3, 0.4) is 0 Å². The number of nitrogens with zero attached hydrogens (tertiary/aromatic N) is 4. The van der Waals surface area contributed by atoms with Gasteiger partial charge in [-0.1, -0.05) is 30.3 Å². The fraction of sp³-hybridized carbons (Fsp3) is 0.133. The van der Waals surface area contributed by atoms with Crippen molar-refractivity contribution >= 4 is 28.8 Å². The van der Waals surface area contributed by atoms with Crippen molar-refractivity contribution in [2.75, 3.05) is 18.1 Å². The van der Waals surface area contributed by atoms with E-state index < -0.39 is 5.97 Å². The molecule has 0 unspecified atom stereocenters. The summed E-state index contributed by atoms with van der Waals surface area (Å²) < 4.78 is 4.89. The summed E-state index contributed by atoms with van der Waals surface area (Å²) in [7, 11) is 0. The fourth-order valence-electron chi connectivity index (χ4n) is 2.05. The largest absolute Gasteiger partial charge is 0.461 e. The molecule has 0 bridgehead atoms. The summed E-state index contributed by atoms with van der Waals surface area (Å²) in [4.78, 5) is 28.6. The normalized spacial score (nSPS) is 10.7. The smallest absolute Gasteiger partial charge is 0.360 e. The zero-order valence-corrected chi connectivity index (χ0v) is 12.4. The Morgan fingerprint density at radius 2 is 1.78 bits per heavy atom. The van der Waals surface area contributed by atoms with Gasteiger partial charge < -0.3 is 16.2 Å². The van der Waals surface area contributed by atoms with Gasteiger partial charge in [-0.3, -0.25) is 0 Å². The van der Waals surface area contributed by atoms with Crippen LogP contribution in [0.25, 0.3) is 22.6 Å². The summed E-state index contributed by atoms with van der Waals surface area (Å²) in [6.07, 6.45) is 0. The number of hydrogen-bond acceptors (Lipinski definition) is 8. The standard InChI is InChI=1S/C15H14N6O2/c1-2-23-15(22)10-12(17)20-14-9(18-10)11(16)19-13(21-14)8-6-4-3-5-7-8/h3-7H,2H2,1H3,(H4,16,17,19,20,21). The maximum absolute atomic E-state index is 11.8. The molecular weight excluding hydrogens is 296 g/mol. The number of nitrogens with two attached hydrogens (primary N) is 2. The van der Waals surface area contributed by atoms with Gasteiger partial charge in [-0.2, -0.15) is 0 Å². The fourth-order valence-corrected chi connectivity index (χ4v) is 2.05. The molecule has 3 rings (SSSR count). The van der Waals surface area contributed by atoms with Crippen LogP contribution in [0.2, 0.25) is 0 Å². The van der Waals surface area contributed by atoms with Gasteiger partial charge >= 0.3 is 5.97 Å². The number of fused-ring (bicyclic) bond motifs is 1. The molecule has 2 heterocycles. The maximum atomic E-state index is 11.8. The first-order valence-corrected chi connectivity index (χ1v) is 6.93. The minimum absolute atomic E-state index is 0.0620. The van der Waals surface area contributed by atoms with Gasteiger partial charge in [0.1, 0.15) is 0 Å². The highest BCUT2D eigenvalue weighted by Gasteiger charge is 2.18. The number of ether oxygens (including phenoxy) is 1. The van der Waals surface area contributed by atoms with E-state index in [1.807, 2.05) is 30.3 Å². The predicted molar refractivity (Wildman–Crippen MR) is 85.3 cm³/mol. The summed E-state index contributed by atoms with van der Waals surface area (Å²) in [6, 6.07) is 9.32. The molecule has 0 amide bonds. The topological polar surface area (TPSA) is 130 Å². The second kappa shape index (κ2) is 5.84. The second-order valence-corrected chi connectivity index (χ2v) is 4.65. The van der Waals surface area contributed by atoms with Crippen LogP contribution < -0.4 is 11.5 Å². The molecule has 0 spiro atoms. The number of nitrogen functional groups attached to an aromatic ring is 2. The highest BCUT2D eigenvalue weighted by molar-refractivity contribution is 5.95. The molecule has 0 aliphatic heterocycles. The van der Waals surface area contributed by atoms with E-state index in [0.717, 1.165) is 5.56 Å². The van der Waals surface area contributed by atoms with Crippen LogP contribution in [-0.4, -0.2) is 32.5 Å². The van der Waals surface area contributed by atoms with E-state index in [4.69, 9.17) is 16.2 Å². The summed E-state index contributed by atoms with van der Waals surface area (Å²) in [6.45, 7) is 1.89. The van der Waals surface area contributed by atoms with Crippen LogP contribution in [0.15, 0.2) is 30.3 Å². The molecule has 4 N–H and O–H groups in total. The highest BCUT2D eigenvalue weighted by Crippen LogP contribution is 2.22. The van der Waals surface area contributed by atoms with Crippen molar-refractivity contribution in [2.45, 2.75) is 6.92 Å². The molecule has 0 atom stereocenters. The number of carbonyl (C=O) groups excluding carboxylic acids is 1. The van der Waals surface area contributed by atoms with Crippen LogP contribution in [-0.2, 0) is 4.74 Å². The minimum Gasteiger partial charge on any atom is -0.461 e. The molecule has 8 heteroatoms. The molecule has 0 saturated heterocycles. The Balaban J connectivity index is 2.16. The number of carbonyl (C=O) groups is 1. The summed E-state index contributed by atoms with van der Waals surface area (Å²) in [5.74, 6) is -0.195. The predicted octanol–water partition coefficient (Wildman–Crippen LogP) is 1.43. The first kappa shape index (κ1) is 14.6. The summed E-state index contributed by atoms with van der Waals surface area (Å²) in [5, 5.41) is 0.